The zero-order chi connectivity index (χ0) is 19.4. The molecule has 2 aromatic carbocycles. The van der Waals surface area contributed by atoms with Crippen LogP contribution in [0, 0.1) is 6.92 Å². The minimum atomic E-state index is -4.40. The molecule has 1 aromatic heterocycles. The number of hydrogen-bond donors (Lipinski definition) is 0. The summed E-state index contributed by atoms with van der Waals surface area (Å²) in [5, 5.41) is 0. The highest BCUT2D eigenvalue weighted by Gasteiger charge is 2.31. The second-order valence-corrected chi connectivity index (χ2v) is 6.13. The Bertz CT molecular complexity index is 919. The van der Waals surface area contributed by atoms with Gasteiger partial charge >= 0.3 is 6.18 Å². The molecule has 0 aliphatic rings. The normalized spacial score (nSPS) is 11.9. The predicted octanol–water partition coefficient (Wildman–Crippen LogP) is 4.98. The van der Waals surface area contributed by atoms with Gasteiger partial charge in [0, 0.05) is 13.2 Å². The molecule has 0 aliphatic heterocycles. The molecule has 7 heteroatoms. The summed E-state index contributed by atoms with van der Waals surface area (Å²) in [5.41, 5.74) is 1.19. The van der Waals surface area contributed by atoms with Gasteiger partial charge in [0.15, 0.2) is 0 Å². The number of aryl methyl sites for hydroxylation is 1. The number of fused-ring (bicyclic) bond motifs is 1. The lowest BCUT2D eigenvalue weighted by Gasteiger charge is -2.12. The number of alkyl halides is 3. The van der Waals surface area contributed by atoms with Crippen molar-refractivity contribution in [1.29, 1.82) is 0 Å². The lowest BCUT2D eigenvalue weighted by Crippen LogP contribution is -2.11. The predicted molar refractivity (Wildman–Crippen MR) is 96.7 cm³/mol. The van der Waals surface area contributed by atoms with E-state index in [0.717, 1.165) is 23.4 Å². The van der Waals surface area contributed by atoms with Gasteiger partial charge in [0.2, 0.25) is 0 Å². The molecule has 0 spiro atoms. The number of ether oxygens (including phenoxy) is 2. The molecule has 0 bridgehead atoms. The van der Waals surface area contributed by atoms with Gasteiger partial charge in [-0.05, 0) is 43.7 Å². The highest BCUT2D eigenvalue weighted by atomic mass is 19.4. The molecule has 3 aromatic rings. The topological polar surface area (TPSA) is 36.3 Å². The Morgan fingerprint density at radius 1 is 1.11 bits per heavy atom. The molecule has 0 aliphatic carbocycles. The van der Waals surface area contributed by atoms with Crippen molar-refractivity contribution in [2.24, 2.45) is 0 Å². The van der Waals surface area contributed by atoms with Crippen molar-refractivity contribution in [3.63, 3.8) is 0 Å². The first-order valence-corrected chi connectivity index (χ1v) is 8.72. The fourth-order valence-electron chi connectivity index (χ4n) is 2.88. The number of nitrogens with zero attached hydrogens (tertiary/aromatic N) is 2. The summed E-state index contributed by atoms with van der Waals surface area (Å²) in [5.74, 6) is 1.28. The summed E-state index contributed by atoms with van der Waals surface area (Å²) < 4.78 is 52.1. The molecule has 3 rings (SSSR count). The fourth-order valence-corrected chi connectivity index (χ4v) is 2.88. The molecule has 27 heavy (non-hydrogen) atoms. The van der Waals surface area contributed by atoms with Crippen LogP contribution in [0.5, 0.6) is 5.75 Å². The van der Waals surface area contributed by atoms with E-state index in [4.69, 9.17) is 9.47 Å². The summed E-state index contributed by atoms with van der Waals surface area (Å²) in [7, 11) is 0. The van der Waals surface area contributed by atoms with Crippen LogP contribution in [0.4, 0.5) is 13.2 Å². The first-order valence-electron chi connectivity index (χ1n) is 8.72. The lowest BCUT2D eigenvalue weighted by molar-refractivity contribution is -0.137. The van der Waals surface area contributed by atoms with Gasteiger partial charge in [-0.3, -0.25) is 0 Å². The summed E-state index contributed by atoms with van der Waals surface area (Å²) in [6, 6.07) is 11.2. The highest BCUT2D eigenvalue weighted by molar-refractivity contribution is 5.77. The summed E-state index contributed by atoms with van der Waals surface area (Å²) in [6.07, 6.45) is -4.40. The van der Waals surface area contributed by atoms with Crippen LogP contribution in [-0.4, -0.2) is 22.8 Å². The van der Waals surface area contributed by atoms with Crippen molar-refractivity contribution in [2.45, 2.75) is 33.2 Å². The first-order chi connectivity index (χ1) is 12.9. The molecular formula is C20H21F3N2O2. The van der Waals surface area contributed by atoms with Gasteiger partial charge in [-0.2, -0.15) is 13.2 Å². The Balaban J connectivity index is 1.93. The monoisotopic (exact) mass is 378 g/mol. The third kappa shape index (κ3) is 4.42. The average molecular weight is 378 g/mol. The minimum absolute atomic E-state index is 0.160. The average Bonchev–Trinajstić information content (AvgIpc) is 2.97. The summed E-state index contributed by atoms with van der Waals surface area (Å²) in [4.78, 5) is 4.39. The number of para-hydroxylation sites is 1. The molecule has 0 saturated carbocycles. The van der Waals surface area contributed by atoms with Gasteiger partial charge in [-0.15, -0.1) is 0 Å². The van der Waals surface area contributed by atoms with Crippen LogP contribution >= 0.6 is 0 Å². The van der Waals surface area contributed by atoms with Gasteiger partial charge in [0.25, 0.3) is 0 Å². The van der Waals surface area contributed by atoms with Gasteiger partial charge < -0.3 is 14.0 Å². The molecule has 144 valence electrons. The van der Waals surface area contributed by atoms with Crippen LogP contribution < -0.4 is 4.74 Å². The van der Waals surface area contributed by atoms with E-state index in [-0.39, 0.29) is 6.61 Å². The van der Waals surface area contributed by atoms with Crippen molar-refractivity contribution in [3.05, 3.63) is 59.4 Å². The number of halogens is 3. The maximum atomic E-state index is 13.0. The van der Waals surface area contributed by atoms with Gasteiger partial charge in [0.1, 0.15) is 18.2 Å². The SMILES string of the molecule is CCOCCn1c(COc2ccccc2C)nc2cc(C(F)(F)F)ccc21. The van der Waals surface area contributed by atoms with Crippen LogP contribution in [-0.2, 0) is 24.1 Å². The Hall–Kier alpha value is -2.54. The zero-order valence-corrected chi connectivity index (χ0v) is 15.2. The maximum absolute atomic E-state index is 13.0. The molecular weight excluding hydrogens is 357 g/mol. The minimum Gasteiger partial charge on any atom is -0.485 e. The third-order valence-electron chi connectivity index (χ3n) is 4.27. The Labute approximate surface area is 155 Å². The van der Waals surface area contributed by atoms with Crippen LogP contribution in [0.25, 0.3) is 11.0 Å². The van der Waals surface area contributed by atoms with Gasteiger partial charge in [0.05, 0.1) is 23.2 Å². The molecule has 4 nitrogen and oxygen atoms in total. The van der Waals surface area contributed by atoms with Gasteiger partial charge in [-0.1, -0.05) is 18.2 Å². The van der Waals surface area contributed by atoms with Crippen molar-refractivity contribution < 1.29 is 22.6 Å². The Morgan fingerprint density at radius 3 is 2.59 bits per heavy atom. The Morgan fingerprint density at radius 2 is 1.89 bits per heavy atom. The number of benzene rings is 2. The lowest BCUT2D eigenvalue weighted by atomic mass is 10.2. The molecule has 1 heterocycles. The maximum Gasteiger partial charge on any atom is 0.416 e. The van der Waals surface area contributed by atoms with E-state index in [1.165, 1.54) is 6.07 Å². The van der Waals surface area contributed by atoms with E-state index in [9.17, 15) is 13.2 Å². The second kappa shape index (κ2) is 8.00. The van der Waals surface area contributed by atoms with Crippen molar-refractivity contribution in [2.75, 3.05) is 13.2 Å². The smallest absolute Gasteiger partial charge is 0.416 e. The second-order valence-electron chi connectivity index (χ2n) is 6.13. The number of rotatable bonds is 7. The van der Waals surface area contributed by atoms with E-state index in [0.29, 0.717) is 36.6 Å². The van der Waals surface area contributed by atoms with Gasteiger partial charge in [-0.25, -0.2) is 4.98 Å². The molecule has 0 amide bonds. The van der Waals surface area contributed by atoms with Crippen LogP contribution in [0.2, 0.25) is 0 Å². The molecule has 0 N–H and O–H groups in total. The zero-order valence-electron chi connectivity index (χ0n) is 15.2. The first kappa shape index (κ1) is 19.2. The van der Waals surface area contributed by atoms with E-state index in [1.54, 1.807) is 0 Å². The van der Waals surface area contributed by atoms with Crippen LogP contribution in [0.15, 0.2) is 42.5 Å². The molecule has 0 fully saturated rings. The van der Waals surface area contributed by atoms with Crippen molar-refractivity contribution in [1.82, 2.24) is 9.55 Å². The third-order valence-corrected chi connectivity index (χ3v) is 4.27. The quantitative estimate of drug-likeness (QED) is 0.544. The largest absolute Gasteiger partial charge is 0.485 e. The van der Waals surface area contributed by atoms with Crippen LogP contribution in [0.3, 0.4) is 0 Å². The number of hydrogen-bond acceptors (Lipinski definition) is 3. The highest BCUT2D eigenvalue weighted by Crippen LogP contribution is 2.31. The Kier molecular flexibility index (Phi) is 5.70. The fraction of sp³-hybridized carbons (Fsp3) is 0.350. The van der Waals surface area contributed by atoms with Crippen molar-refractivity contribution in [3.8, 4) is 5.75 Å². The molecule has 0 atom stereocenters. The van der Waals surface area contributed by atoms with E-state index in [1.807, 2.05) is 42.7 Å². The van der Waals surface area contributed by atoms with Crippen LogP contribution in [0.1, 0.15) is 23.9 Å². The van der Waals surface area contributed by atoms with Crippen molar-refractivity contribution >= 4 is 11.0 Å². The summed E-state index contributed by atoms with van der Waals surface area (Å²) >= 11 is 0. The number of imidazole rings is 1. The van der Waals surface area contributed by atoms with E-state index >= 15 is 0 Å². The standard InChI is InChI=1S/C20H21F3N2O2/c1-3-26-11-10-25-17-9-8-15(20(21,22)23)12-16(17)24-19(25)13-27-18-7-5-4-6-14(18)2/h4-9,12H,3,10-11,13H2,1-2H3. The summed E-state index contributed by atoms with van der Waals surface area (Å²) in [6.45, 7) is 5.49. The number of aromatic nitrogens is 2. The molecule has 0 radical (unpaired) electrons. The molecule has 0 saturated heterocycles. The van der Waals surface area contributed by atoms with E-state index < -0.39 is 11.7 Å². The van der Waals surface area contributed by atoms with E-state index in [2.05, 4.69) is 4.98 Å². The molecule has 0 unspecified atom stereocenters.